The Morgan fingerprint density at radius 3 is 1.08 bits per heavy atom. The van der Waals surface area contributed by atoms with E-state index in [1.807, 2.05) is 0 Å². The van der Waals surface area contributed by atoms with Gasteiger partial charge >= 0.3 is 11.0 Å². The van der Waals surface area contributed by atoms with Gasteiger partial charge in [-0.05, 0) is 57.6 Å². The minimum atomic E-state index is -5.63. The van der Waals surface area contributed by atoms with Crippen LogP contribution in [-0.4, -0.2) is 27.9 Å². The molecule has 0 amide bonds. The highest BCUT2D eigenvalue weighted by Gasteiger charge is 2.50. The predicted molar refractivity (Wildman–Crippen MR) is 130 cm³/mol. The summed E-state index contributed by atoms with van der Waals surface area (Å²) in [6.45, 7) is 0. The van der Waals surface area contributed by atoms with E-state index in [0.29, 0.717) is 22.3 Å². The third kappa shape index (κ3) is 3.88. The van der Waals surface area contributed by atoms with E-state index in [2.05, 4.69) is 0 Å². The highest BCUT2D eigenvalue weighted by atomic mass is 32.2. The molecule has 0 aliphatic heterocycles. The maximum Gasteiger partial charge on any atom is 0.501 e. The lowest BCUT2D eigenvalue weighted by atomic mass is 9.68. The number of halogens is 6. The molecule has 0 atom stereocenters. The Labute approximate surface area is 219 Å². The summed E-state index contributed by atoms with van der Waals surface area (Å²) < 4.78 is 127. The Kier molecular flexibility index (Phi) is 6.00. The lowest BCUT2D eigenvalue weighted by molar-refractivity contribution is -0.0442. The van der Waals surface area contributed by atoms with Crippen LogP contribution in [0.1, 0.15) is 22.3 Å². The largest absolute Gasteiger partial charge is 0.501 e. The van der Waals surface area contributed by atoms with Crippen molar-refractivity contribution in [2.24, 2.45) is 0 Å². The van der Waals surface area contributed by atoms with Crippen molar-refractivity contribution in [2.75, 3.05) is 0 Å². The third-order valence-electron chi connectivity index (χ3n) is 6.76. The molecule has 5 rings (SSSR count). The van der Waals surface area contributed by atoms with Gasteiger partial charge in [0.1, 0.15) is 0 Å². The van der Waals surface area contributed by atoms with Gasteiger partial charge in [0.05, 0.1) is 15.2 Å². The van der Waals surface area contributed by atoms with E-state index in [9.17, 15) is 43.2 Å². The second-order valence-electron chi connectivity index (χ2n) is 8.79. The summed E-state index contributed by atoms with van der Waals surface area (Å²) in [5.74, 6) is 0. The first kappa shape index (κ1) is 26.9. The monoisotopic (exact) mass is 582 g/mol. The zero-order chi connectivity index (χ0) is 28.4. The Bertz CT molecular complexity index is 1660. The molecule has 0 spiro atoms. The standard InChI is InChI=1S/C27H16F6O4S2/c28-26(29,30)38(34,35)19-13-9-17(10-14-19)25(18-11-15-20(16-12-18)39(36,37)27(31,32)33)23-7-3-1-5-21(23)22-6-2-4-8-24(22)25/h1-16H. The predicted octanol–water partition coefficient (Wildman–Crippen LogP) is 6.64. The number of sulfone groups is 2. The Hall–Kier alpha value is -3.64. The molecule has 1 aliphatic rings. The molecule has 4 nitrogen and oxygen atoms in total. The normalized spacial score (nSPS) is 15.0. The molecular formula is C27H16F6O4S2. The van der Waals surface area contributed by atoms with Crippen molar-refractivity contribution in [1.29, 1.82) is 0 Å². The fourth-order valence-electron chi connectivity index (χ4n) is 5.06. The molecule has 4 aromatic carbocycles. The van der Waals surface area contributed by atoms with Crippen molar-refractivity contribution in [2.45, 2.75) is 26.2 Å². The van der Waals surface area contributed by atoms with Crippen molar-refractivity contribution in [3.05, 3.63) is 119 Å². The SMILES string of the molecule is O=S(=O)(c1ccc(C2(c3ccc(S(=O)(=O)C(F)(F)F)cc3)c3ccccc3-c3ccccc32)cc1)C(F)(F)F. The molecule has 0 saturated carbocycles. The van der Waals surface area contributed by atoms with Gasteiger partial charge in [-0.15, -0.1) is 0 Å². The molecule has 12 heteroatoms. The molecule has 0 radical (unpaired) electrons. The average molecular weight is 583 g/mol. The summed E-state index contributed by atoms with van der Waals surface area (Å²) in [7, 11) is -11.3. The van der Waals surface area contributed by atoms with Gasteiger partial charge in [0.2, 0.25) is 0 Å². The highest BCUT2D eigenvalue weighted by Crippen LogP contribution is 2.56. The molecule has 0 aromatic heterocycles. The van der Waals surface area contributed by atoms with Crippen molar-refractivity contribution >= 4 is 19.7 Å². The molecule has 0 bridgehead atoms. The molecule has 1 aliphatic carbocycles. The van der Waals surface area contributed by atoms with E-state index in [1.54, 1.807) is 48.5 Å². The summed E-state index contributed by atoms with van der Waals surface area (Å²) in [5, 5.41) is 0. The Balaban J connectivity index is 1.80. The zero-order valence-electron chi connectivity index (χ0n) is 19.5. The van der Waals surface area contributed by atoms with Gasteiger partial charge in [-0.25, -0.2) is 16.8 Å². The minimum absolute atomic E-state index is 0.326. The van der Waals surface area contributed by atoms with E-state index in [4.69, 9.17) is 0 Å². The number of fused-ring (bicyclic) bond motifs is 3. The van der Waals surface area contributed by atoms with Crippen molar-refractivity contribution < 1.29 is 43.2 Å². The first-order valence-corrected chi connectivity index (χ1v) is 14.1. The van der Waals surface area contributed by atoms with Crippen LogP contribution in [0.4, 0.5) is 26.3 Å². The van der Waals surface area contributed by atoms with Crippen LogP contribution in [0.5, 0.6) is 0 Å². The number of rotatable bonds is 4. The second kappa shape index (κ2) is 8.68. The topological polar surface area (TPSA) is 68.3 Å². The van der Waals surface area contributed by atoms with Crippen molar-refractivity contribution in [1.82, 2.24) is 0 Å². The fraction of sp³-hybridized carbons (Fsp3) is 0.111. The van der Waals surface area contributed by atoms with E-state index >= 15 is 0 Å². The van der Waals surface area contributed by atoms with Crippen LogP contribution < -0.4 is 0 Å². The molecule has 0 unspecified atom stereocenters. The molecular weight excluding hydrogens is 566 g/mol. The lowest BCUT2D eigenvalue weighted by Gasteiger charge is -2.34. The van der Waals surface area contributed by atoms with Gasteiger partial charge in [0.15, 0.2) is 0 Å². The summed E-state index contributed by atoms with van der Waals surface area (Å²) >= 11 is 0. The van der Waals surface area contributed by atoms with Gasteiger partial charge in [-0.1, -0.05) is 72.8 Å². The van der Waals surface area contributed by atoms with Crippen molar-refractivity contribution in [3.63, 3.8) is 0 Å². The van der Waals surface area contributed by atoms with Crippen LogP contribution in [0.3, 0.4) is 0 Å². The van der Waals surface area contributed by atoms with Crippen LogP contribution in [-0.2, 0) is 25.1 Å². The van der Waals surface area contributed by atoms with Crippen LogP contribution in [0.25, 0.3) is 11.1 Å². The molecule has 0 heterocycles. The number of benzene rings is 4. The smallest absolute Gasteiger partial charge is 0.214 e. The Morgan fingerprint density at radius 1 is 0.462 bits per heavy atom. The van der Waals surface area contributed by atoms with Gasteiger partial charge < -0.3 is 0 Å². The third-order valence-corrected chi connectivity index (χ3v) is 9.76. The average Bonchev–Trinajstić information content (AvgIpc) is 3.19. The maximum absolute atomic E-state index is 13.2. The fourth-order valence-corrected chi connectivity index (χ4v) is 6.58. The molecule has 4 aromatic rings. The molecule has 39 heavy (non-hydrogen) atoms. The van der Waals surface area contributed by atoms with E-state index < -0.39 is 45.9 Å². The van der Waals surface area contributed by atoms with Crippen molar-refractivity contribution in [3.8, 4) is 11.1 Å². The summed E-state index contributed by atoms with van der Waals surface area (Å²) in [6.07, 6.45) is 0. The first-order chi connectivity index (χ1) is 18.1. The second-order valence-corrected chi connectivity index (χ2v) is 12.7. The quantitative estimate of drug-likeness (QED) is 0.223. The van der Waals surface area contributed by atoms with Gasteiger partial charge in [-0.2, -0.15) is 26.3 Å². The molecule has 0 N–H and O–H groups in total. The molecule has 0 fully saturated rings. The molecule has 0 saturated heterocycles. The summed E-state index contributed by atoms with van der Waals surface area (Å²) in [6, 6.07) is 22.2. The number of alkyl halides is 6. The number of hydrogen-bond acceptors (Lipinski definition) is 4. The van der Waals surface area contributed by atoms with E-state index in [0.717, 1.165) is 35.4 Å². The lowest BCUT2D eigenvalue weighted by Crippen LogP contribution is -2.29. The van der Waals surface area contributed by atoms with Gasteiger partial charge in [0.25, 0.3) is 19.7 Å². The number of hydrogen-bond donors (Lipinski definition) is 0. The minimum Gasteiger partial charge on any atom is -0.214 e. The summed E-state index contributed by atoms with van der Waals surface area (Å²) in [5.41, 5.74) is -8.95. The summed E-state index contributed by atoms with van der Waals surface area (Å²) in [4.78, 5) is -1.94. The van der Waals surface area contributed by atoms with Gasteiger partial charge in [-0.3, -0.25) is 0 Å². The van der Waals surface area contributed by atoms with Crippen LogP contribution >= 0.6 is 0 Å². The Morgan fingerprint density at radius 2 is 0.769 bits per heavy atom. The van der Waals surface area contributed by atoms with Crippen LogP contribution in [0, 0.1) is 0 Å². The zero-order valence-corrected chi connectivity index (χ0v) is 21.1. The van der Waals surface area contributed by atoms with Gasteiger partial charge in [0, 0.05) is 0 Å². The van der Waals surface area contributed by atoms with Crippen LogP contribution in [0.15, 0.2) is 107 Å². The van der Waals surface area contributed by atoms with E-state index in [-0.39, 0.29) is 0 Å². The van der Waals surface area contributed by atoms with E-state index in [1.165, 1.54) is 24.3 Å². The highest BCUT2D eigenvalue weighted by molar-refractivity contribution is 7.92. The first-order valence-electron chi connectivity index (χ1n) is 11.2. The van der Waals surface area contributed by atoms with Crippen LogP contribution in [0.2, 0.25) is 0 Å². The maximum atomic E-state index is 13.2. The molecule has 202 valence electrons.